The molecule has 1 fully saturated rings. The van der Waals surface area contributed by atoms with Crippen LogP contribution in [0, 0.1) is 11.6 Å². The molecule has 0 saturated heterocycles. The summed E-state index contributed by atoms with van der Waals surface area (Å²) in [6.45, 7) is 1.08. The summed E-state index contributed by atoms with van der Waals surface area (Å²) in [5.74, 6) is -1.12. The lowest BCUT2D eigenvalue weighted by molar-refractivity contribution is 0.288. The summed E-state index contributed by atoms with van der Waals surface area (Å²) < 4.78 is 31.8. The van der Waals surface area contributed by atoms with E-state index in [0.717, 1.165) is 30.3 Å². The van der Waals surface area contributed by atoms with Crippen molar-refractivity contribution in [3.05, 3.63) is 65.2 Å². The normalized spacial score (nSPS) is 14.2. The zero-order chi connectivity index (χ0) is 14.7. The Morgan fingerprint density at radius 2 is 1.71 bits per heavy atom. The molecule has 0 heterocycles. The Kier molecular flexibility index (Phi) is 4.15. The van der Waals surface area contributed by atoms with Crippen LogP contribution in [0.2, 0.25) is 0 Å². The number of ether oxygens (including phenoxy) is 1. The van der Waals surface area contributed by atoms with E-state index in [2.05, 4.69) is 5.32 Å². The molecule has 0 amide bonds. The Morgan fingerprint density at radius 1 is 1.00 bits per heavy atom. The zero-order valence-electron chi connectivity index (χ0n) is 11.6. The van der Waals surface area contributed by atoms with Gasteiger partial charge in [0.1, 0.15) is 12.4 Å². The van der Waals surface area contributed by atoms with E-state index >= 15 is 0 Å². The van der Waals surface area contributed by atoms with Crippen molar-refractivity contribution in [1.82, 2.24) is 5.32 Å². The first-order chi connectivity index (χ1) is 10.2. The molecule has 110 valence electrons. The molecule has 1 aliphatic rings. The Hall–Kier alpha value is -1.94. The molecule has 0 spiro atoms. The zero-order valence-corrected chi connectivity index (χ0v) is 11.6. The van der Waals surface area contributed by atoms with Gasteiger partial charge >= 0.3 is 0 Å². The molecule has 0 aliphatic heterocycles. The lowest BCUT2D eigenvalue weighted by Gasteiger charge is -2.08. The van der Waals surface area contributed by atoms with Gasteiger partial charge in [0.25, 0.3) is 0 Å². The second-order valence-corrected chi connectivity index (χ2v) is 5.34. The van der Waals surface area contributed by atoms with Crippen LogP contribution in [-0.2, 0) is 13.2 Å². The molecular weight excluding hydrogens is 272 g/mol. The van der Waals surface area contributed by atoms with Gasteiger partial charge in [-0.3, -0.25) is 0 Å². The van der Waals surface area contributed by atoms with Crippen molar-refractivity contribution >= 4 is 0 Å². The van der Waals surface area contributed by atoms with Gasteiger partial charge in [0.15, 0.2) is 11.6 Å². The highest BCUT2D eigenvalue weighted by atomic mass is 19.1. The molecule has 0 unspecified atom stereocenters. The van der Waals surface area contributed by atoms with E-state index in [-0.39, 0.29) is 12.4 Å². The first-order valence-electron chi connectivity index (χ1n) is 7.10. The third kappa shape index (κ3) is 4.02. The highest BCUT2D eigenvalue weighted by Crippen LogP contribution is 2.20. The number of hydrogen-bond acceptors (Lipinski definition) is 2. The summed E-state index contributed by atoms with van der Waals surface area (Å²) in [6.07, 6.45) is 2.54. The first kappa shape index (κ1) is 14.0. The van der Waals surface area contributed by atoms with Crippen LogP contribution in [0.25, 0.3) is 0 Å². The Morgan fingerprint density at radius 3 is 2.43 bits per heavy atom. The summed E-state index contributed by atoms with van der Waals surface area (Å²) in [5.41, 5.74) is 2.14. The smallest absolute Gasteiger partial charge is 0.165 e. The molecule has 3 rings (SSSR count). The van der Waals surface area contributed by atoms with Crippen LogP contribution in [0.15, 0.2) is 42.5 Å². The van der Waals surface area contributed by atoms with Crippen LogP contribution in [0.4, 0.5) is 8.78 Å². The van der Waals surface area contributed by atoms with Gasteiger partial charge in [-0.25, -0.2) is 8.78 Å². The summed E-state index contributed by atoms with van der Waals surface area (Å²) in [5, 5.41) is 3.44. The fourth-order valence-electron chi connectivity index (χ4n) is 2.05. The second-order valence-electron chi connectivity index (χ2n) is 5.34. The summed E-state index contributed by atoms with van der Waals surface area (Å²) >= 11 is 0. The molecular formula is C17H17F2NO. The van der Waals surface area contributed by atoms with Crippen LogP contribution < -0.4 is 10.1 Å². The summed E-state index contributed by atoms with van der Waals surface area (Å²) in [4.78, 5) is 0. The molecule has 2 aromatic carbocycles. The largest absolute Gasteiger partial charge is 0.486 e. The molecule has 0 atom stereocenters. The van der Waals surface area contributed by atoms with Crippen LogP contribution in [0.1, 0.15) is 24.0 Å². The van der Waals surface area contributed by atoms with Crippen LogP contribution >= 0.6 is 0 Å². The van der Waals surface area contributed by atoms with Crippen molar-refractivity contribution in [2.75, 3.05) is 0 Å². The van der Waals surface area contributed by atoms with Crippen LogP contribution in [-0.4, -0.2) is 6.04 Å². The standard InChI is InChI=1S/C17H17F2NO/c18-14-5-8-16(19)17(9-14)21-11-13-3-1-12(2-4-13)10-20-15-6-7-15/h1-5,8-9,15,20H,6-7,10-11H2. The maximum absolute atomic E-state index is 13.4. The maximum atomic E-state index is 13.4. The molecule has 0 radical (unpaired) electrons. The minimum atomic E-state index is -0.554. The molecule has 2 aromatic rings. The van der Waals surface area contributed by atoms with E-state index in [0.29, 0.717) is 6.04 Å². The van der Waals surface area contributed by atoms with E-state index in [4.69, 9.17) is 4.74 Å². The molecule has 1 aliphatic carbocycles. The van der Waals surface area contributed by atoms with E-state index in [1.54, 1.807) is 0 Å². The van der Waals surface area contributed by atoms with Crippen LogP contribution in [0.5, 0.6) is 5.75 Å². The minimum absolute atomic E-state index is 0.0607. The third-order valence-electron chi connectivity index (χ3n) is 3.48. The van der Waals surface area contributed by atoms with Gasteiger partial charge in [-0.05, 0) is 36.1 Å². The van der Waals surface area contributed by atoms with Gasteiger partial charge in [0, 0.05) is 18.7 Å². The van der Waals surface area contributed by atoms with Gasteiger partial charge in [-0.2, -0.15) is 0 Å². The second kappa shape index (κ2) is 6.22. The number of benzene rings is 2. The molecule has 2 nitrogen and oxygen atoms in total. The van der Waals surface area contributed by atoms with Crippen molar-refractivity contribution in [2.45, 2.75) is 32.0 Å². The fourth-order valence-corrected chi connectivity index (χ4v) is 2.05. The number of hydrogen-bond donors (Lipinski definition) is 1. The van der Waals surface area contributed by atoms with Gasteiger partial charge in [-0.1, -0.05) is 24.3 Å². The van der Waals surface area contributed by atoms with Crippen molar-refractivity contribution < 1.29 is 13.5 Å². The lowest BCUT2D eigenvalue weighted by atomic mass is 10.1. The van der Waals surface area contributed by atoms with E-state index in [9.17, 15) is 8.78 Å². The summed E-state index contributed by atoms with van der Waals surface area (Å²) in [7, 11) is 0. The fraction of sp³-hybridized carbons (Fsp3) is 0.294. The van der Waals surface area contributed by atoms with Gasteiger partial charge in [0.05, 0.1) is 0 Å². The van der Waals surface area contributed by atoms with E-state index in [1.807, 2.05) is 24.3 Å². The molecule has 1 N–H and O–H groups in total. The van der Waals surface area contributed by atoms with E-state index in [1.165, 1.54) is 18.4 Å². The van der Waals surface area contributed by atoms with E-state index < -0.39 is 11.6 Å². The van der Waals surface area contributed by atoms with Crippen molar-refractivity contribution in [2.24, 2.45) is 0 Å². The van der Waals surface area contributed by atoms with Crippen molar-refractivity contribution in [3.63, 3.8) is 0 Å². The summed E-state index contributed by atoms with van der Waals surface area (Å²) in [6, 6.07) is 11.8. The predicted octanol–water partition coefficient (Wildman–Crippen LogP) is 3.80. The van der Waals surface area contributed by atoms with Crippen molar-refractivity contribution in [1.29, 1.82) is 0 Å². The van der Waals surface area contributed by atoms with Crippen molar-refractivity contribution in [3.8, 4) is 5.75 Å². The number of rotatable bonds is 6. The Bertz CT molecular complexity index is 609. The topological polar surface area (TPSA) is 21.3 Å². The SMILES string of the molecule is Fc1ccc(F)c(OCc2ccc(CNC3CC3)cc2)c1. The maximum Gasteiger partial charge on any atom is 0.165 e. The minimum Gasteiger partial charge on any atom is -0.486 e. The van der Waals surface area contributed by atoms with Gasteiger partial charge < -0.3 is 10.1 Å². The molecule has 0 aromatic heterocycles. The Balaban J connectivity index is 1.55. The highest BCUT2D eigenvalue weighted by Gasteiger charge is 2.19. The molecule has 21 heavy (non-hydrogen) atoms. The number of nitrogens with one attached hydrogen (secondary N) is 1. The molecule has 0 bridgehead atoms. The third-order valence-corrected chi connectivity index (χ3v) is 3.48. The quantitative estimate of drug-likeness (QED) is 0.873. The average Bonchev–Trinajstić information content (AvgIpc) is 3.31. The Labute approximate surface area is 122 Å². The highest BCUT2D eigenvalue weighted by molar-refractivity contribution is 5.26. The average molecular weight is 289 g/mol. The first-order valence-corrected chi connectivity index (χ1v) is 7.10. The van der Waals surface area contributed by atoms with Gasteiger partial charge in [0.2, 0.25) is 0 Å². The predicted molar refractivity (Wildman–Crippen MR) is 77.0 cm³/mol. The molecule has 1 saturated carbocycles. The van der Waals surface area contributed by atoms with Crippen LogP contribution in [0.3, 0.4) is 0 Å². The monoisotopic (exact) mass is 289 g/mol. The molecule has 4 heteroatoms. The lowest BCUT2D eigenvalue weighted by Crippen LogP contribution is -2.15. The van der Waals surface area contributed by atoms with Gasteiger partial charge in [-0.15, -0.1) is 0 Å². The number of halogens is 2.